The number of imidazole rings is 1. The molecular formula is C25H28N4. The van der Waals surface area contributed by atoms with E-state index >= 15 is 0 Å². The second kappa shape index (κ2) is 7.60. The van der Waals surface area contributed by atoms with Crippen molar-refractivity contribution >= 4 is 21.9 Å². The Morgan fingerprint density at radius 3 is 2.62 bits per heavy atom. The van der Waals surface area contributed by atoms with Crippen LogP contribution in [0.2, 0.25) is 0 Å². The molecule has 0 atom stereocenters. The van der Waals surface area contributed by atoms with Crippen LogP contribution in [0.4, 0.5) is 0 Å². The number of hydrogen-bond acceptors (Lipinski definition) is 3. The van der Waals surface area contributed by atoms with Crippen molar-refractivity contribution in [2.45, 2.75) is 39.2 Å². The molecule has 2 aromatic heterocycles. The number of hydrogen-bond donors (Lipinski definition) is 1. The maximum atomic E-state index is 5.16. The van der Waals surface area contributed by atoms with Gasteiger partial charge in [-0.05, 0) is 60.3 Å². The van der Waals surface area contributed by atoms with E-state index in [-0.39, 0.29) is 0 Å². The zero-order valence-corrected chi connectivity index (χ0v) is 17.2. The summed E-state index contributed by atoms with van der Waals surface area (Å²) in [5.41, 5.74) is 4.47. The van der Waals surface area contributed by atoms with Gasteiger partial charge in [0.2, 0.25) is 0 Å². The van der Waals surface area contributed by atoms with Crippen LogP contribution in [-0.2, 0) is 6.42 Å². The summed E-state index contributed by atoms with van der Waals surface area (Å²) in [4.78, 5) is 9.98. The van der Waals surface area contributed by atoms with Crippen LogP contribution in [-0.4, -0.2) is 27.6 Å². The zero-order valence-electron chi connectivity index (χ0n) is 17.2. The maximum Gasteiger partial charge on any atom is 0.160 e. The highest BCUT2D eigenvalue weighted by atomic mass is 15.2. The topological polar surface area (TPSA) is 42.7 Å². The molecule has 0 amide bonds. The molecule has 2 aromatic carbocycles. The molecular weight excluding hydrogens is 356 g/mol. The Hall–Kier alpha value is -2.72. The van der Waals surface area contributed by atoms with E-state index in [0.29, 0.717) is 12.0 Å². The van der Waals surface area contributed by atoms with E-state index in [1.165, 1.54) is 27.7 Å². The van der Waals surface area contributed by atoms with Crippen molar-refractivity contribution in [3.05, 3.63) is 60.6 Å². The first-order valence-electron chi connectivity index (χ1n) is 10.8. The SMILES string of the molecule is CC(C)Cc1nc2c(-c3ccc4ccccc4c3)ccnc2n1C1CCNCC1. The highest BCUT2D eigenvalue weighted by molar-refractivity contribution is 5.94. The zero-order chi connectivity index (χ0) is 19.8. The monoisotopic (exact) mass is 384 g/mol. The summed E-state index contributed by atoms with van der Waals surface area (Å²) in [7, 11) is 0. The van der Waals surface area contributed by atoms with Gasteiger partial charge in [0, 0.05) is 24.2 Å². The van der Waals surface area contributed by atoms with E-state index in [2.05, 4.69) is 72.3 Å². The number of pyridine rings is 1. The van der Waals surface area contributed by atoms with Gasteiger partial charge < -0.3 is 9.88 Å². The Balaban J connectivity index is 1.69. The van der Waals surface area contributed by atoms with Crippen LogP contribution in [0.3, 0.4) is 0 Å². The summed E-state index contributed by atoms with van der Waals surface area (Å²) in [5.74, 6) is 1.75. The molecule has 4 heteroatoms. The first-order chi connectivity index (χ1) is 14.2. The minimum Gasteiger partial charge on any atom is -0.317 e. The van der Waals surface area contributed by atoms with Gasteiger partial charge in [0.05, 0.1) is 0 Å². The molecule has 1 saturated heterocycles. The predicted octanol–water partition coefficient (Wildman–Crippen LogP) is 5.37. The van der Waals surface area contributed by atoms with E-state index in [4.69, 9.17) is 9.97 Å². The van der Waals surface area contributed by atoms with Crippen molar-refractivity contribution in [1.29, 1.82) is 0 Å². The molecule has 1 aliphatic heterocycles. The number of aromatic nitrogens is 3. The third-order valence-electron chi connectivity index (χ3n) is 5.98. The van der Waals surface area contributed by atoms with Gasteiger partial charge in [-0.25, -0.2) is 9.97 Å². The summed E-state index contributed by atoms with van der Waals surface area (Å²) < 4.78 is 2.45. The number of rotatable bonds is 4. The van der Waals surface area contributed by atoms with Gasteiger partial charge in [0.25, 0.3) is 0 Å². The van der Waals surface area contributed by atoms with E-state index in [1.807, 2.05) is 6.20 Å². The molecule has 0 aliphatic carbocycles. The second-order valence-electron chi connectivity index (χ2n) is 8.57. The molecule has 4 nitrogen and oxygen atoms in total. The smallest absolute Gasteiger partial charge is 0.160 e. The lowest BCUT2D eigenvalue weighted by atomic mass is 10.0. The molecule has 3 heterocycles. The van der Waals surface area contributed by atoms with Crippen LogP contribution < -0.4 is 5.32 Å². The summed E-state index contributed by atoms with van der Waals surface area (Å²) in [6.07, 6.45) is 5.21. The molecule has 0 bridgehead atoms. The van der Waals surface area contributed by atoms with Gasteiger partial charge in [0.1, 0.15) is 11.3 Å². The van der Waals surface area contributed by atoms with Crippen molar-refractivity contribution < 1.29 is 0 Å². The molecule has 1 fully saturated rings. The number of piperidine rings is 1. The van der Waals surface area contributed by atoms with Crippen LogP contribution in [0.1, 0.15) is 38.6 Å². The standard InChI is InChI=1S/C25H28N4/c1-17(2)15-23-28-24-22(20-8-7-18-5-3-4-6-19(18)16-20)11-14-27-25(24)29(23)21-9-12-26-13-10-21/h3-8,11,14,16-17,21,26H,9-10,12-13,15H2,1-2H3. The van der Waals surface area contributed by atoms with Crippen LogP contribution in [0, 0.1) is 5.92 Å². The van der Waals surface area contributed by atoms with Crippen molar-refractivity contribution in [3.63, 3.8) is 0 Å². The Morgan fingerprint density at radius 2 is 1.83 bits per heavy atom. The Morgan fingerprint density at radius 1 is 1.03 bits per heavy atom. The minimum absolute atomic E-state index is 0.481. The average Bonchev–Trinajstić information content (AvgIpc) is 3.11. The minimum atomic E-state index is 0.481. The predicted molar refractivity (Wildman–Crippen MR) is 120 cm³/mol. The van der Waals surface area contributed by atoms with Crippen molar-refractivity contribution in [1.82, 2.24) is 19.9 Å². The van der Waals surface area contributed by atoms with E-state index in [0.717, 1.165) is 43.5 Å². The molecule has 4 aromatic rings. The summed E-state index contributed by atoms with van der Waals surface area (Å²) in [6.45, 7) is 6.67. The van der Waals surface area contributed by atoms with Crippen molar-refractivity contribution in [3.8, 4) is 11.1 Å². The molecule has 5 rings (SSSR count). The molecule has 0 saturated carbocycles. The molecule has 1 aliphatic rings. The highest BCUT2D eigenvalue weighted by Crippen LogP contribution is 2.33. The molecule has 29 heavy (non-hydrogen) atoms. The van der Waals surface area contributed by atoms with Gasteiger partial charge in [-0.2, -0.15) is 0 Å². The fraction of sp³-hybridized carbons (Fsp3) is 0.360. The third kappa shape index (κ3) is 3.42. The summed E-state index contributed by atoms with van der Waals surface area (Å²) in [6, 6.07) is 17.8. The first-order valence-corrected chi connectivity index (χ1v) is 10.8. The van der Waals surface area contributed by atoms with Crippen LogP contribution >= 0.6 is 0 Å². The van der Waals surface area contributed by atoms with Crippen LogP contribution in [0.5, 0.6) is 0 Å². The fourth-order valence-corrected chi connectivity index (χ4v) is 4.58. The van der Waals surface area contributed by atoms with Crippen LogP contribution in [0.15, 0.2) is 54.7 Å². The van der Waals surface area contributed by atoms with E-state index in [9.17, 15) is 0 Å². The molecule has 0 radical (unpaired) electrons. The van der Waals surface area contributed by atoms with Gasteiger partial charge in [-0.15, -0.1) is 0 Å². The maximum absolute atomic E-state index is 5.16. The number of benzene rings is 2. The molecule has 148 valence electrons. The quantitative estimate of drug-likeness (QED) is 0.514. The van der Waals surface area contributed by atoms with E-state index in [1.54, 1.807) is 0 Å². The largest absolute Gasteiger partial charge is 0.317 e. The number of nitrogens with zero attached hydrogens (tertiary/aromatic N) is 3. The van der Waals surface area contributed by atoms with Gasteiger partial charge in [-0.3, -0.25) is 0 Å². The average molecular weight is 385 g/mol. The Labute approximate surface area is 172 Å². The third-order valence-corrected chi connectivity index (χ3v) is 5.98. The van der Waals surface area contributed by atoms with Gasteiger partial charge >= 0.3 is 0 Å². The second-order valence-corrected chi connectivity index (χ2v) is 8.57. The van der Waals surface area contributed by atoms with Gasteiger partial charge in [-0.1, -0.05) is 50.2 Å². The highest BCUT2D eigenvalue weighted by Gasteiger charge is 2.24. The Bertz CT molecular complexity index is 1150. The summed E-state index contributed by atoms with van der Waals surface area (Å²) >= 11 is 0. The Kier molecular flexibility index (Phi) is 4.80. The molecule has 0 spiro atoms. The van der Waals surface area contributed by atoms with Crippen LogP contribution in [0.25, 0.3) is 33.1 Å². The lowest BCUT2D eigenvalue weighted by molar-refractivity contribution is 0.362. The summed E-state index contributed by atoms with van der Waals surface area (Å²) in [5, 5.41) is 6.01. The molecule has 1 N–H and O–H groups in total. The fourth-order valence-electron chi connectivity index (χ4n) is 4.58. The van der Waals surface area contributed by atoms with Crippen molar-refractivity contribution in [2.75, 3.05) is 13.1 Å². The number of fused-ring (bicyclic) bond motifs is 2. The lowest BCUT2D eigenvalue weighted by Crippen LogP contribution is -2.30. The van der Waals surface area contributed by atoms with Gasteiger partial charge in [0.15, 0.2) is 5.65 Å². The number of nitrogens with one attached hydrogen (secondary N) is 1. The first kappa shape index (κ1) is 18.3. The van der Waals surface area contributed by atoms with Crippen molar-refractivity contribution in [2.24, 2.45) is 5.92 Å². The normalized spacial score (nSPS) is 15.6. The van der Waals surface area contributed by atoms with E-state index < -0.39 is 0 Å². The lowest BCUT2D eigenvalue weighted by Gasteiger charge is -2.26. The molecule has 0 unspecified atom stereocenters.